The second kappa shape index (κ2) is 14.7. The van der Waals surface area contributed by atoms with Crippen LogP contribution in [0.4, 0.5) is 0 Å². The third-order valence-corrected chi connectivity index (χ3v) is 7.36. The molecule has 218 valence electrons. The molecule has 1 saturated heterocycles. The van der Waals surface area contributed by atoms with Crippen molar-refractivity contribution in [3.05, 3.63) is 114 Å². The van der Waals surface area contributed by atoms with Gasteiger partial charge in [0.1, 0.15) is 18.0 Å². The summed E-state index contributed by atoms with van der Waals surface area (Å²) in [6, 6.07) is 28.1. The van der Waals surface area contributed by atoms with Crippen LogP contribution in [0.25, 0.3) is 0 Å². The van der Waals surface area contributed by atoms with Gasteiger partial charge in [0.25, 0.3) is 0 Å². The normalized spacial score (nSPS) is 27.9. The predicted molar refractivity (Wildman–Crippen MR) is 155 cm³/mol. The summed E-state index contributed by atoms with van der Waals surface area (Å²) >= 11 is 0. The Morgan fingerprint density at radius 1 is 0.659 bits per heavy atom. The molecule has 0 spiro atoms. The number of hydrogen-bond donors (Lipinski definition) is 0. The van der Waals surface area contributed by atoms with Gasteiger partial charge in [0, 0.05) is 6.42 Å². The summed E-state index contributed by atoms with van der Waals surface area (Å²) in [5.41, 5.74) is 3.26. The van der Waals surface area contributed by atoms with Crippen LogP contribution in [0.5, 0.6) is 5.75 Å². The van der Waals surface area contributed by atoms with E-state index in [9.17, 15) is 0 Å². The standard InChI is InChI=1S/C34H40O7/c1-24-30(36-21-28-14-16-29(35-3)17-15-28)18-19-32(39-24)41-31-20-33(37-22-26-10-6-4-7-11-26)40-25(2)34(31)38-23-27-12-8-5-9-13-27/h4-19,24-25,30-34H,20-23H2,1-3H3/t24-,25-,30+,31+,32-,33+,34-/m0/s1. The zero-order valence-electron chi connectivity index (χ0n) is 24.0. The van der Waals surface area contributed by atoms with Crippen LogP contribution in [0.2, 0.25) is 0 Å². The van der Waals surface area contributed by atoms with Gasteiger partial charge in [-0.15, -0.1) is 0 Å². The highest BCUT2D eigenvalue weighted by Gasteiger charge is 2.40. The third-order valence-electron chi connectivity index (χ3n) is 7.36. The zero-order chi connectivity index (χ0) is 28.4. The first-order chi connectivity index (χ1) is 20.1. The summed E-state index contributed by atoms with van der Waals surface area (Å²) in [4.78, 5) is 0. The zero-order valence-corrected chi connectivity index (χ0v) is 24.0. The van der Waals surface area contributed by atoms with Gasteiger partial charge in [0.05, 0.1) is 45.2 Å². The first-order valence-electron chi connectivity index (χ1n) is 14.3. The molecule has 0 bridgehead atoms. The van der Waals surface area contributed by atoms with Gasteiger partial charge in [-0.1, -0.05) is 78.9 Å². The molecule has 2 aliphatic heterocycles. The number of rotatable bonds is 12. The first-order valence-corrected chi connectivity index (χ1v) is 14.3. The van der Waals surface area contributed by atoms with Crippen molar-refractivity contribution in [2.24, 2.45) is 0 Å². The van der Waals surface area contributed by atoms with E-state index >= 15 is 0 Å². The lowest BCUT2D eigenvalue weighted by atomic mass is 10.0. The summed E-state index contributed by atoms with van der Waals surface area (Å²) in [7, 11) is 1.66. The van der Waals surface area contributed by atoms with E-state index in [1.54, 1.807) is 7.11 Å². The van der Waals surface area contributed by atoms with Crippen LogP contribution in [0, 0.1) is 0 Å². The van der Waals surface area contributed by atoms with E-state index in [0.717, 1.165) is 22.4 Å². The van der Waals surface area contributed by atoms with E-state index in [1.807, 2.05) is 98.8 Å². The summed E-state index contributed by atoms with van der Waals surface area (Å²) in [6.07, 6.45) is 2.34. The maximum Gasteiger partial charge on any atom is 0.177 e. The second-order valence-electron chi connectivity index (χ2n) is 10.5. The van der Waals surface area contributed by atoms with Gasteiger partial charge < -0.3 is 33.2 Å². The minimum atomic E-state index is -0.529. The molecule has 0 saturated carbocycles. The van der Waals surface area contributed by atoms with Gasteiger partial charge in [-0.3, -0.25) is 0 Å². The number of benzene rings is 3. The van der Waals surface area contributed by atoms with Crippen molar-refractivity contribution < 1.29 is 33.2 Å². The Balaban J connectivity index is 1.20. The lowest BCUT2D eigenvalue weighted by Crippen LogP contribution is -2.52. The predicted octanol–water partition coefficient (Wildman–Crippen LogP) is 6.20. The topological polar surface area (TPSA) is 64.6 Å². The minimum Gasteiger partial charge on any atom is -0.497 e. The minimum absolute atomic E-state index is 0.183. The average Bonchev–Trinajstić information content (AvgIpc) is 3.00. The second-order valence-corrected chi connectivity index (χ2v) is 10.5. The molecule has 3 aromatic rings. The van der Waals surface area contributed by atoms with Gasteiger partial charge in [-0.2, -0.15) is 0 Å². The highest BCUT2D eigenvalue weighted by molar-refractivity contribution is 5.26. The molecular weight excluding hydrogens is 520 g/mol. The van der Waals surface area contributed by atoms with Crippen LogP contribution in [-0.2, 0) is 48.2 Å². The Morgan fingerprint density at radius 3 is 1.90 bits per heavy atom. The largest absolute Gasteiger partial charge is 0.497 e. The van der Waals surface area contributed by atoms with E-state index in [2.05, 4.69) is 12.1 Å². The Morgan fingerprint density at radius 2 is 1.27 bits per heavy atom. The van der Waals surface area contributed by atoms with E-state index in [1.165, 1.54) is 0 Å². The van der Waals surface area contributed by atoms with E-state index in [0.29, 0.717) is 26.2 Å². The molecule has 0 radical (unpaired) electrons. The molecule has 0 aromatic heterocycles. The van der Waals surface area contributed by atoms with Crippen molar-refractivity contribution in [3.63, 3.8) is 0 Å². The van der Waals surface area contributed by atoms with Crippen LogP contribution >= 0.6 is 0 Å². The summed E-state index contributed by atoms with van der Waals surface area (Å²) in [5.74, 6) is 0.823. The maximum absolute atomic E-state index is 6.53. The molecule has 5 rings (SSSR count). The fraction of sp³-hybridized carbons (Fsp3) is 0.412. The highest BCUT2D eigenvalue weighted by Crippen LogP contribution is 2.30. The fourth-order valence-corrected chi connectivity index (χ4v) is 5.06. The Kier molecular flexibility index (Phi) is 10.6. The molecule has 0 amide bonds. The first kappa shape index (κ1) is 29.5. The van der Waals surface area contributed by atoms with Crippen molar-refractivity contribution >= 4 is 0 Å². The lowest BCUT2D eigenvalue weighted by molar-refractivity contribution is -0.292. The molecule has 41 heavy (non-hydrogen) atoms. The average molecular weight is 561 g/mol. The van der Waals surface area contributed by atoms with Crippen LogP contribution in [0.1, 0.15) is 37.0 Å². The van der Waals surface area contributed by atoms with Crippen LogP contribution in [0.3, 0.4) is 0 Å². The Bertz CT molecular complexity index is 1200. The molecule has 2 heterocycles. The molecular formula is C34H40O7. The van der Waals surface area contributed by atoms with Crippen LogP contribution in [0.15, 0.2) is 97.1 Å². The Hall–Kier alpha value is -3.04. The van der Waals surface area contributed by atoms with Crippen molar-refractivity contribution in [1.82, 2.24) is 0 Å². The smallest absolute Gasteiger partial charge is 0.177 e. The van der Waals surface area contributed by atoms with Gasteiger partial charge in [-0.05, 0) is 48.7 Å². The Labute approximate surface area is 242 Å². The molecule has 0 unspecified atom stereocenters. The molecule has 0 N–H and O–H groups in total. The van der Waals surface area contributed by atoms with Gasteiger partial charge in [-0.25, -0.2) is 0 Å². The molecule has 1 fully saturated rings. The van der Waals surface area contributed by atoms with Crippen molar-refractivity contribution in [1.29, 1.82) is 0 Å². The highest BCUT2D eigenvalue weighted by atomic mass is 16.7. The fourth-order valence-electron chi connectivity index (χ4n) is 5.06. The third kappa shape index (κ3) is 8.49. The number of methoxy groups -OCH3 is 1. The molecule has 7 atom stereocenters. The monoisotopic (exact) mass is 560 g/mol. The quantitative estimate of drug-likeness (QED) is 0.244. The summed E-state index contributed by atoms with van der Waals surface area (Å²) < 4.78 is 42.9. The summed E-state index contributed by atoms with van der Waals surface area (Å²) in [5, 5.41) is 0. The number of hydrogen-bond acceptors (Lipinski definition) is 7. The van der Waals surface area contributed by atoms with Gasteiger partial charge >= 0.3 is 0 Å². The summed E-state index contributed by atoms with van der Waals surface area (Å²) in [6.45, 7) is 5.41. The molecule has 7 nitrogen and oxygen atoms in total. The van der Waals surface area contributed by atoms with Crippen molar-refractivity contribution in [3.8, 4) is 5.75 Å². The van der Waals surface area contributed by atoms with E-state index in [-0.39, 0.29) is 30.5 Å². The maximum atomic E-state index is 6.53. The molecule has 0 aliphatic carbocycles. The van der Waals surface area contributed by atoms with Gasteiger partial charge in [0.15, 0.2) is 12.6 Å². The van der Waals surface area contributed by atoms with Crippen LogP contribution < -0.4 is 4.74 Å². The van der Waals surface area contributed by atoms with Crippen LogP contribution in [-0.4, -0.2) is 50.2 Å². The van der Waals surface area contributed by atoms with E-state index in [4.69, 9.17) is 33.2 Å². The van der Waals surface area contributed by atoms with Crippen molar-refractivity contribution in [2.45, 2.75) is 83.2 Å². The molecule has 7 heteroatoms. The lowest BCUT2D eigenvalue weighted by Gasteiger charge is -2.42. The molecule has 3 aromatic carbocycles. The number of ether oxygens (including phenoxy) is 7. The van der Waals surface area contributed by atoms with Gasteiger partial charge in [0.2, 0.25) is 0 Å². The SMILES string of the molecule is COc1ccc(CO[C@@H]2C=C[C@H](O[C@@H]3C[C@H](OCc4ccccc4)O[C@@H](C)[C@@H]3OCc3ccccc3)O[C@H]2C)cc1. The molecule has 2 aliphatic rings. The van der Waals surface area contributed by atoms with Crippen molar-refractivity contribution in [2.75, 3.05) is 7.11 Å². The van der Waals surface area contributed by atoms with E-state index < -0.39 is 12.6 Å².